The van der Waals surface area contributed by atoms with Crippen molar-refractivity contribution in [2.45, 2.75) is 52.3 Å². The molecule has 3 aromatic rings. The number of amides is 1. The molecule has 2 aromatic carbocycles. The first-order chi connectivity index (χ1) is 21.3. The molecule has 1 N–H and O–H groups in total. The van der Waals surface area contributed by atoms with Crippen LogP contribution in [0.25, 0.3) is 10.9 Å². The summed E-state index contributed by atoms with van der Waals surface area (Å²) in [5, 5.41) is 3.52. The van der Waals surface area contributed by atoms with Gasteiger partial charge in [-0.3, -0.25) is 19.2 Å². The van der Waals surface area contributed by atoms with Crippen molar-refractivity contribution < 1.29 is 42.1 Å². The fourth-order valence-corrected chi connectivity index (χ4v) is 6.03. The second-order valence-corrected chi connectivity index (χ2v) is 12.2. The molecule has 13 heteroatoms. The summed E-state index contributed by atoms with van der Waals surface area (Å²) >= 11 is 0. The molecule has 242 valence electrons. The number of aryl methyl sites for hydroxylation is 1. The number of methoxy groups -OCH3 is 2. The predicted octanol–water partition coefficient (Wildman–Crippen LogP) is 4.98. The molecule has 2 aliphatic rings. The van der Waals surface area contributed by atoms with E-state index in [0.717, 1.165) is 16.5 Å². The lowest BCUT2D eigenvalue weighted by Crippen LogP contribution is -2.49. The number of hydrogen-bond acceptors (Lipinski definition) is 9. The highest BCUT2D eigenvalue weighted by Gasteiger charge is 2.36. The molecule has 1 aromatic heterocycles. The van der Waals surface area contributed by atoms with E-state index in [1.54, 1.807) is 51.1 Å². The van der Waals surface area contributed by atoms with Gasteiger partial charge in [-0.15, -0.1) is 0 Å². The molecule has 1 fully saturated rings. The van der Waals surface area contributed by atoms with Gasteiger partial charge in [0.15, 0.2) is 6.61 Å². The van der Waals surface area contributed by atoms with E-state index in [4.69, 9.17) is 18.9 Å². The monoisotopic (exact) mass is 628 g/mol. The van der Waals surface area contributed by atoms with Gasteiger partial charge in [-0.05, 0) is 51.5 Å². The van der Waals surface area contributed by atoms with Gasteiger partial charge in [0.25, 0.3) is 12.3 Å². The second kappa shape index (κ2) is 12.6. The molecule has 1 unspecified atom stereocenters. The number of nitrogens with one attached hydrogen (secondary N) is 1. The maximum atomic E-state index is 13.5. The molecule has 45 heavy (non-hydrogen) atoms. The van der Waals surface area contributed by atoms with Crippen LogP contribution < -0.4 is 14.8 Å². The normalized spacial score (nSPS) is 17.5. The van der Waals surface area contributed by atoms with Crippen molar-refractivity contribution in [2.24, 2.45) is 0 Å². The van der Waals surface area contributed by atoms with E-state index in [1.165, 1.54) is 11.7 Å². The second-order valence-electron chi connectivity index (χ2n) is 12.2. The summed E-state index contributed by atoms with van der Waals surface area (Å²) in [4.78, 5) is 41.7. The van der Waals surface area contributed by atoms with Crippen LogP contribution in [0.3, 0.4) is 0 Å². The topological polar surface area (TPSA) is 112 Å². The SMILES string of the molecule is COC(=O)c1ccc(C2CN(CC(F)F)CCN2Cc2c(OC)cc(C)c3c2ccn3C(=O)OC(C)(C)C)c2c1NC(=O)CO2. The number of esters is 1. The summed E-state index contributed by atoms with van der Waals surface area (Å²) in [7, 11) is 2.82. The van der Waals surface area contributed by atoms with Crippen LogP contribution in [0.2, 0.25) is 0 Å². The number of halogens is 2. The lowest BCUT2D eigenvalue weighted by molar-refractivity contribution is -0.118. The summed E-state index contributed by atoms with van der Waals surface area (Å²) < 4.78 is 50.8. The van der Waals surface area contributed by atoms with Gasteiger partial charge >= 0.3 is 12.1 Å². The molecule has 0 radical (unpaired) electrons. The van der Waals surface area contributed by atoms with E-state index in [0.29, 0.717) is 42.2 Å². The number of aromatic nitrogens is 1. The maximum absolute atomic E-state index is 13.5. The number of ether oxygens (including phenoxy) is 4. The van der Waals surface area contributed by atoms with E-state index in [-0.39, 0.29) is 24.4 Å². The van der Waals surface area contributed by atoms with Crippen molar-refractivity contribution in [3.05, 3.63) is 52.7 Å². The number of benzene rings is 2. The number of rotatable bonds is 7. The average molecular weight is 629 g/mol. The number of piperazine rings is 1. The number of carbonyl (C=O) groups is 3. The van der Waals surface area contributed by atoms with Crippen LogP contribution in [0.15, 0.2) is 30.5 Å². The zero-order valence-electron chi connectivity index (χ0n) is 26.2. The van der Waals surface area contributed by atoms with Crippen molar-refractivity contribution in [3.8, 4) is 11.5 Å². The zero-order valence-corrected chi connectivity index (χ0v) is 26.2. The van der Waals surface area contributed by atoms with Crippen molar-refractivity contribution in [1.82, 2.24) is 14.4 Å². The van der Waals surface area contributed by atoms with Gasteiger partial charge in [0.1, 0.15) is 17.1 Å². The van der Waals surface area contributed by atoms with Gasteiger partial charge in [0.2, 0.25) is 0 Å². The van der Waals surface area contributed by atoms with Gasteiger partial charge in [0.05, 0.1) is 43.6 Å². The summed E-state index contributed by atoms with van der Waals surface area (Å²) in [6, 6.07) is 6.50. The Morgan fingerprint density at radius 3 is 2.58 bits per heavy atom. The Bertz CT molecular complexity index is 1630. The maximum Gasteiger partial charge on any atom is 0.419 e. The smallest absolute Gasteiger partial charge is 0.419 e. The highest BCUT2D eigenvalue weighted by Crippen LogP contribution is 2.43. The standard InChI is InChI=1S/C32H38F2N4O7/c1-18-13-24(42-5)22(19-9-10-38(28(18)19)31(41)45-32(2,3)4)14-37-12-11-36(16-25(33)34)15-23(37)20-7-8-21(30(40)43-6)27-29(20)44-17-26(39)35-27/h7-10,13,23,25H,11-12,14-17H2,1-6H3,(H,35,39). The fourth-order valence-electron chi connectivity index (χ4n) is 6.03. The molecule has 0 aliphatic carbocycles. The molecular weight excluding hydrogens is 590 g/mol. The van der Waals surface area contributed by atoms with Crippen LogP contribution in [-0.4, -0.2) is 91.4 Å². The quantitative estimate of drug-likeness (QED) is 0.362. The Kier molecular flexibility index (Phi) is 9.04. The van der Waals surface area contributed by atoms with Gasteiger partial charge in [0, 0.05) is 48.9 Å². The number of nitrogens with zero attached hydrogens (tertiary/aromatic N) is 3. The number of alkyl halides is 2. The van der Waals surface area contributed by atoms with E-state index in [1.807, 2.05) is 19.1 Å². The third-order valence-corrected chi connectivity index (χ3v) is 7.94. The zero-order chi connectivity index (χ0) is 32.6. The summed E-state index contributed by atoms with van der Waals surface area (Å²) in [6.45, 7) is 8.02. The van der Waals surface area contributed by atoms with E-state index in [2.05, 4.69) is 10.2 Å². The van der Waals surface area contributed by atoms with Crippen molar-refractivity contribution in [2.75, 3.05) is 52.3 Å². The number of carbonyl (C=O) groups excluding carboxylic acids is 3. The van der Waals surface area contributed by atoms with E-state index >= 15 is 0 Å². The van der Waals surface area contributed by atoms with Crippen molar-refractivity contribution in [1.29, 1.82) is 0 Å². The molecule has 11 nitrogen and oxygen atoms in total. The van der Waals surface area contributed by atoms with Gasteiger partial charge in [-0.1, -0.05) is 6.07 Å². The summed E-state index contributed by atoms with van der Waals surface area (Å²) in [5.41, 5.74) is 2.56. The van der Waals surface area contributed by atoms with E-state index < -0.39 is 42.6 Å². The molecule has 0 bridgehead atoms. The first-order valence-electron chi connectivity index (χ1n) is 14.6. The first-order valence-corrected chi connectivity index (χ1v) is 14.6. The fraction of sp³-hybridized carbons (Fsp3) is 0.469. The molecule has 5 rings (SSSR count). The van der Waals surface area contributed by atoms with Gasteiger partial charge < -0.3 is 24.3 Å². The minimum Gasteiger partial charge on any atom is -0.496 e. The first kappa shape index (κ1) is 32.2. The minimum atomic E-state index is -2.52. The molecule has 1 amide bonds. The lowest BCUT2D eigenvalue weighted by atomic mass is 9.95. The average Bonchev–Trinajstić information content (AvgIpc) is 3.43. The molecule has 1 atom stereocenters. The molecule has 0 spiro atoms. The highest BCUT2D eigenvalue weighted by atomic mass is 19.3. The van der Waals surface area contributed by atoms with Crippen LogP contribution in [0.1, 0.15) is 53.9 Å². The van der Waals surface area contributed by atoms with Crippen molar-refractivity contribution >= 4 is 34.6 Å². The summed E-state index contributed by atoms with van der Waals surface area (Å²) in [5.74, 6) is -0.165. The van der Waals surface area contributed by atoms with Crippen LogP contribution in [0.4, 0.5) is 19.3 Å². The molecule has 1 saturated heterocycles. The molecular formula is C32H38F2N4O7. The van der Waals surface area contributed by atoms with Gasteiger partial charge in [-0.25, -0.2) is 18.4 Å². The predicted molar refractivity (Wildman–Crippen MR) is 162 cm³/mol. The highest BCUT2D eigenvalue weighted by molar-refractivity contribution is 6.05. The Morgan fingerprint density at radius 1 is 1.16 bits per heavy atom. The molecule has 2 aliphatic heterocycles. The van der Waals surface area contributed by atoms with Crippen LogP contribution in [0, 0.1) is 6.92 Å². The number of fused-ring (bicyclic) bond motifs is 2. The lowest BCUT2D eigenvalue weighted by Gasteiger charge is -2.42. The Morgan fingerprint density at radius 2 is 1.91 bits per heavy atom. The Balaban J connectivity index is 1.60. The molecule has 3 heterocycles. The largest absolute Gasteiger partial charge is 0.496 e. The van der Waals surface area contributed by atoms with Crippen LogP contribution in [-0.2, 0) is 20.8 Å². The number of hydrogen-bond donors (Lipinski definition) is 1. The summed E-state index contributed by atoms with van der Waals surface area (Å²) in [6.07, 6.45) is -1.36. The number of anilines is 1. The van der Waals surface area contributed by atoms with Gasteiger partial charge in [-0.2, -0.15) is 0 Å². The molecule has 0 saturated carbocycles. The van der Waals surface area contributed by atoms with Crippen molar-refractivity contribution in [3.63, 3.8) is 0 Å². The Labute approximate surface area is 259 Å². The third-order valence-electron chi connectivity index (χ3n) is 7.94. The van der Waals surface area contributed by atoms with E-state index in [9.17, 15) is 23.2 Å². The Hall–Kier alpha value is -4.23. The van der Waals surface area contributed by atoms with Crippen LogP contribution in [0.5, 0.6) is 11.5 Å². The minimum absolute atomic E-state index is 0.126. The van der Waals surface area contributed by atoms with Crippen LogP contribution >= 0.6 is 0 Å². The third kappa shape index (κ3) is 6.59.